The highest BCUT2D eigenvalue weighted by Gasteiger charge is 2.28. The fraction of sp³-hybridized carbons (Fsp3) is 0.269. The van der Waals surface area contributed by atoms with Crippen LogP contribution in [0.25, 0.3) is 6.08 Å². The van der Waals surface area contributed by atoms with Crippen molar-refractivity contribution >= 4 is 34.9 Å². The minimum absolute atomic E-state index is 0.213. The molecule has 34 heavy (non-hydrogen) atoms. The van der Waals surface area contributed by atoms with Crippen molar-refractivity contribution < 1.29 is 14.3 Å². The molecule has 176 valence electrons. The topological polar surface area (TPSA) is 97.6 Å². The summed E-state index contributed by atoms with van der Waals surface area (Å²) in [5, 5.41) is 5.91. The number of aromatic nitrogens is 1. The maximum atomic E-state index is 12.4. The number of aryl methyl sites for hydroxylation is 1. The van der Waals surface area contributed by atoms with E-state index in [9.17, 15) is 9.59 Å². The van der Waals surface area contributed by atoms with E-state index in [4.69, 9.17) is 10.5 Å². The summed E-state index contributed by atoms with van der Waals surface area (Å²) in [4.78, 5) is 30.5. The highest BCUT2D eigenvalue weighted by atomic mass is 32.1. The number of thiazole rings is 1. The number of nitrogens with two attached hydrogens (primary N) is 1. The predicted molar refractivity (Wildman–Crippen MR) is 134 cm³/mol. The first kappa shape index (κ1) is 23.7. The molecule has 1 fully saturated rings. The van der Waals surface area contributed by atoms with E-state index in [-0.39, 0.29) is 17.9 Å². The van der Waals surface area contributed by atoms with Gasteiger partial charge in [0.25, 0.3) is 0 Å². The molecule has 3 aromatic rings. The fourth-order valence-electron chi connectivity index (χ4n) is 3.98. The lowest BCUT2D eigenvalue weighted by Crippen LogP contribution is -2.39. The highest BCUT2D eigenvalue weighted by molar-refractivity contribution is 7.09. The van der Waals surface area contributed by atoms with Crippen LogP contribution < -0.4 is 15.8 Å². The van der Waals surface area contributed by atoms with Crippen molar-refractivity contribution in [3.63, 3.8) is 0 Å². The fourth-order valence-corrected chi connectivity index (χ4v) is 4.58. The van der Waals surface area contributed by atoms with Crippen LogP contribution in [0.15, 0.2) is 60.0 Å². The van der Waals surface area contributed by atoms with Crippen molar-refractivity contribution in [2.75, 3.05) is 11.9 Å². The molecular formula is C26H28N4O3S. The molecule has 0 spiro atoms. The van der Waals surface area contributed by atoms with Crippen molar-refractivity contribution in [3.8, 4) is 5.75 Å². The maximum Gasteiger partial charge on any atom is 0.248 e. The van der Waals surface area contributed by atoms with Gasteiger partial charge in [-0.2, -0.15) is 0 Å². The maximum absolute atomic E-state index is 12.4. The zero-order chi connectivity index (χ0) is 23.9. The van der Waals surface area contributed by atoms with E-state index >= 15 is 0 Å². The van der Waals surface area contributed by atoms with Crippen molar-refractivity contribution in [2.45, 2.75) is 39.0 Å². The number of amides is 2. The van der Waals surface area contributed by atoms with Crippen molar-refractivity contribution in [3.05, 3.63) is 81.8 Å². The Labute approximate surface area is 203 Å². The predicted octanol–water partition coefficient (Wildman–Crippen LogP) is 4.13. The highest BCUT2D eigenvalue weighted by Crippen LogP contribution is 2.21. The normalized spacial score (nSPS) is 16.1. The molecule has 2 amide bonds. The van der Waals surface area contributed by atoms with Gasteiger partial charge >= 0.3 is 0 Å². The lowest BCUT2D eigenvalue weighted by Gasteiger charge is -2.22. The molecule has 0 bridgehead atoms. The van der Waals surface area contributed by atoms with Gasteiger partial charge in [-0.05, 0) is 67.8 Å². The summed E-state index contributed by atoms with van der Waals surface area (Å²) in [5.41, 5.74) is 9.06. The van der Waals surface area contributed by atoms with Crippen LogP contribution in [0.2, 0.25) is 0 Å². The van der Waals surface area contributed by atoms with Gasteiger partial charge in [0.1, 0.15) is 12.4 Å². The van der Waals surface area contributed by atoms with Crippen LogP contribution >= 0.6 is 11.3 Å². The SMILES string of the molecule is Cc1nc(COc2ccc(/C=C/C(=O)Nc3cccc(CN4CCCC4C(N)=O)c3)cc2)cs1. The number of primary amides is 1. The summed E-state index contributed by atoms with van der Waals surface area (Å²) >= 11 is 1.60. The van der Waals surface area contributed by atoms with Gasteiger partial charge in [0.2, 0.25) is 11.8 Å². The zero-order valence-corrected chi connectivity index (χ0v) is 19.9. The van der Waals surface area contributed by atoms with E-state index in [1.54, 1.807) is 17.4 Å². The number of anilines is 1. The van der Waals surface area contributed by atoms with E-state index in [1.165, 1.54) is 6.08 Å². The number of carbonyl (C=O) groups is 2. The molecule has 1 aliphatic heterocycles. The lowest BCUT2D eigenvalue weighted by atomic mass is 10.1. The average Bonchev–Trinajstić information content (AvgIpc) is 3.46. The van der Waals surface area contributed by atoms with E-state index in [1.807, 2.05) is 60.8 Å². The van der Waals surface area contributed by atoms with E-state index in [2.05, 4.69) is 15.2 Å². The molecular weight excluding hydrogens is 448 g/mol. The second-order valence-corrected chi connectivity index (χ2v) is 9.33. The van der Waals surface area contributed by atoms with Crippen LogP contribution in [0, 0.1) is 6.92 Å². The smallest absolute Gasteiger partial charge is 0.248 e. The summed E-state index contributed by atoms with van der Waals surface area (Å²) in [6.45, 7) is 3.88. The Kier molecular flexibility index (Phi) is 7.72. The van der Waals surface area contributed by atoms with Gasteiger partial charge in [-0.25, -0.2) is 4.98 Å². The van der Waals surface area contributed by atoms with E-state index in [0.717, 1.165) is 47.0 Å². The minimum Gasteiger partial charge on any atom is -0.487 e. The summed E-state index contributed by atoms with van der Waals surface area (Å²) in [7, 11) is 0. The Balaban J connectivity index is 1.29. The number of carbonyl (C=O) groups excluding carboxylic acids is 2. The molecule has 0 saturated carbocycles. The lowest BCUT2D eigenvalue weighted by molar-refractivity contribution is -0.122. The second-order valence-electron chi connectivity index (χ2n) is 8.27. The summed E-state index contributed by atoms with van der Waals surface area (Å²) in [5.74, 6) is 0.259. The zero-order valence-electron chi connectivity index (χ0n) is 19.1. The second kappa shape index (κ2) is 11.1. The number of nitrogens with one attached hydrogen (secondary N) is 1. The molecule has 2 heterocycles. The molecule has 1 saturated heterocycles. The van der Waals surface area contributed by atoms with Crippen LogP contribution in [0.4, 0.5) is 5.69 Å². The first-order valence-corrected chi connectivity index (χ1v) is 12.1. The minimum atomic E-state index is -0.277. The third-order valence-electron chi connectivity index (χ3n) is 5.63. The van der Waals surface area contributed by atoms with Gasteiger partial charge in [-0.15, -0.1) is 11.3 Å². The standard InChI is InChI=1S/C26H28N4O3S/c1-18-28-22(17-34-18)16-33-23-10-7-19(8-11-23)9-12-25(31)29-21-5-2-4-20(14-21)15-30-13-3-6-24(30)26(27)32/h2,4-5,7-12,14,17,24H,3,6,13,15-16H2,1H3,(H2,27,32)(H,29,31)/b12-9+. The van der Waals surface area contributed by atoms with Crippen molar-refractivity contribution in [1.82, 2.24) is 9.88 Å². The van der Waals surface area contributed by atoms with E-state index in [0.29, 0.717) is 18.8 Å². The van der Waals surface area contributed by atoms with Gasteiger partial charge in [0, 0.05) is 23.7 Å². The Bertz CT molecular complexity index is 1170. The molecule has 7 nitrogen and oxygen atoms in total. The molecule has 4 rings (SSSR count). The number of hydrogen-bond acceptors (Lipinski definition) is 6. The number of hydrogen-bond donors (Lipinski definition) is 2. The Morgan fingerprint density at radius 3 is 2.82 bits per heavy atom. The largest absolute Gasteiger partial charge is 0.487 e. The van der Waals surface area contributed by atoms with Crippen LogP contribution in [0.3, 0.4) is 0 Å². The Hall–Kier alpha value is -3.49. The number of ether oxygens (including phenoxy) is 1. The molecule has 1 unspecified atom stereocenters. The van der Waals surface area contributed by atoms with Gasteiger partial charge < -0.3 is 15.8 Å². The van der Waals surface area contributed by atoms with Crippen molar-refractivity contribution in [1.29, 1.82) is 0 Å². The number of benzene rings is 2. The van der Waals surface area contributed by atoms with Gasteiger partial charge in [0.05, 0.1) is 16.7 Å². The molecule has 0 radical (unpaired) electrons. The first-order valence-electron chi connectivity index (χ1n) is 11.2. The molecule has 1 aliphatic rings. The Morgan fingerprint density at radius 2 is 2.09 bits per heavy atom. The molecule has 1 atom stereocenters. The molecule has 3 N–H and O–H groups in total. The summed E-state index contributed by atoms with van der Waals surface area (Å²) < 4.78 is 5.76. The van der Waals surface area contributed by atoms with Gasteiger partial charge in [-0.3, -0.25) is 14.5 Å². The van der Waals surface area contributed by atoms with Crippen LogP contribution in [-0.2, 0) is 22.7 Å². The van der Waals surface area contributed by atoms with Crippen LogP contribution in [0.5, 0.6) is 5.75 Å². The quantitative estimate of drug-likeness (QED) is 0.453. The molecule has 8 heteroatoms. The number of likely N-dealkylation sites (tertiary alicyclic amines) is 1. The summed E-state index contributed by atoms with van der Waals surface area (Å²) in [6, 6.07) is 15.0. The summed E-state index contributed by atoms with van der Waals surface area (Å²) in [6.07, 6.45) is 5.03. The molecule has 1 aromatic heterocycles. The first-order chi connectivity index (χ1) is 16.5. The third-order valence-corrected chi connectivity index (χ3v) is 6.46. The van der Waals surface area contributed by atoms with Crippen LogP contribution in [0.1, 0.15) is 34.7 Å². The number of nitrogens with zero attached hydrogens (tertiary/aromatic N) is 2. The Morgan fingerprint density at radius 1 is 1.26 bits per heavy atom. The molecule has 0 aliphatic carbocycles. The number of rotatable bonds is 9. The van der Waals surface area contributed by atoms with Gasteiger partial charge in [0.15, 0.2) is 0 Å². The van der Waals surface area contributed by atoms with E-state index < -0.39 is 0 Å². The molecule has 2 aromatic carbocycles. The van der Waals surface area contributed by atoms with Gasteiger partial charge in [-0.1, -0.05) is 24.3 Å². The average molecular weight is 477 g/mol. The monoisotopic (exact) mass is 476 g/mol. The third kappa shape index (κ3) is 6.52. The van der Waals surface area contributed by atoms with Crippen LogP contribution in [-0.4, -0.2) is 34.3 Å². The van der Waals surface area contributed by atoms with Crippen molar-refractivity contribution in [2.24, 2.45) is 5.73 Å².